The minimum atomic E-state index is -0.576. The van der Waals surface area contributed by atoms with Gasteiger partial charge in [-0.2, -0.15) is 0 Å². The topological polar surface area (TPSA) is 65.5 Å². The lowest BCUT2D eigenvalue weighted by molar-refractivity contribution is -0.402. The third-order valence-electron chi connectivity index (χ3n) is 2.35. The smallest absolute Gasteiger partial charge is 0.433 e. The van der Waals surface area contributed by atoms with Crippen LogP contribution in [0.1, 0.15) is 11.3 Å². The molecule has 0 fully saturated rings. The van der Waals surface area contributed by atoms with Crippen molar-refractivity contribution in [1.82, 2.24) is 0 Å². The molecular formula is C12H10BrNO4. The van der Waals surface area contributed by atoms with Crippen LogP contribution in [0.5, 0.6) is 5.75 Å². The highest BCUT2D eigenvalue weighted by Crippen LogP contribution is 2.24. The SMILES string of the molecule is Cc1ccc(Br)cc1OCc1ccc([N+](=O)[O-])o1. The normalized spacial score (nSPS) is 10.3. The molecule has 2 aromatic rings. The van der Waals surface area contributed by atoms with Gasteiger partial charge < -0.3 is 9.15 Å². The molecule has 0 saturated heterocycles. The Kier molecular flexibility index (Phi) is 3.66. The van der Waals surface area contributed by atoms with Gasteiger partial charge in [-0.15, -0.1) is 0 Å². The average Bonchev–Trinajstić information content (AvgIpc) is 2.79. The van der Waals surface area contributed by atoms with Gasteiger partial charge in [-0.3, -0.25) is 10.1 Å². The summed E-state index contributed by atoms with van der Waals surface area (Å²) in [4.78, 5) is 9.88. The van der Waals surface area contributed by atoms with E-state index in [4.69, 9.17) is 9.15 Å². The molecule has 18 heavy (non-hydrogen) atoms. The molecule has 5 nitrogen and oxygen atoms in total. The monoisotopic (exact) mass is 311 g/mol. The van der Waals surface area contributed by atoms with Crippen LogP contribution >= 0.6 is 15.9 Å². The van der Waals surface area contributed by atoms with Crippen LogP contribution in [0, 0.1) is 17.0 Å². The van der Waals surface area contributed by atoms with Crippen LogP contribution < -0.4 is 4.74 Å². The fourth-order valence-corrected chi connectivity index (χ4v) is 1.76. The molecule has 1 heterocycles. The summed E-state index contributed by atoms with van der Waals surface area (Å²) >= 11 is 3.35. The zero-order chi connectivity index (χ0) is 13.1. The molecule has 1 aromatic heterocycles. The van der Waals surface area contributed by atoms with Crippen LogP contribution in [0.4, 0.5) is 5.88 Å². The molecule has 0 atom stereocenters. The van der Waals surface area contributed by atoms with E-state index in [1.807, 2.05) is 25.1 Å². The van der Waals surface area contributed by atoms with Gasteiger partial charge in [0.05, 0.1) is 6.07 Å². The Hall–Kier alpha value is -1.82. The molecule has 0 spiro atoms. The van der Waals surface area contributed by atoms with Crippen LogP contribution in [0.15, 0.2) is 39.2 Å². The number of aryl methyl sites for hydroxylation is 1. The maximum Gasteiger partial charge on any atom is 0.433 e. The first-order valence-corrected chi connectivity index (χ1v) is 5.97. The van der Waals surface area contributed by atoms with Crippen LogP contribution in [0.3, 0.4) is 0 Å². The molecule has 0 bridgehead atoms. The van der Waals surface area contributed by atoms with Crippen molar-refractivity contribution in [3.63, 3.8) is 0 Å². The van der Waals surface area contributed by atoms with Crippen LogP contribution in [-0.4, -0.2) is 4.92 Å². The Labute approximate surface area is 112 Å². The molecule has 0 saturated carbocycles. The predicted octanol–water partition coefficient (Wildman–Crippen LogP) is 3.84. The Morgan fingerprint density at radius 3 is 2.83 bits per heavy atom. The van der Waals surface area contributed by atoms with Crippen LogP contribution in [0.25, 0.3) is 0 Å². The minimum Gasteiger partial charge on any atom is -0.485 e. The molecule has 0 N–H and O–H groups in total. The summed E-state index contributed by atoms with van der Waals surface area (Å²) in [6.07, 6.45) is 0. The van der Waals surface area contributed by atoms with Gasteiger partial charge in [0, 0.05) is 4.47 Å². The number of nitrogens with zero attached hydrogens (tertiary/aromatic N) is 1. The second-order valence-electron chi connectivity index (χ2n) is 3.70. The van der Waals surface area contributed by atoms with Crippen LogP contribution in [-0.2, 0) is 6.61 Å². The van der Waals surface area contributed by atoms with Gasteiger partial charge in [0.25, 0.3) is 0 Å². The van der Waals surface area contributed by atoms with E-state index >= 15 is 0 Å². The van der Waals surface area contributed by atoms with E-state index in [2.05, 4.69) is 15.9 Å². The number of hydrogen-bond donors (Lipinski definition) is 0. The molecule has 1 aromatic carbocycles. The highest BCUT2D eigenvalue weighted by atomic mass is 79.9. The van der Waals surface area contributed by atoms with Crippen molar-refractivity contribution in [3.8, 4) is 5.75 Å². The van der Waals surface area contributed by atoms with E-state index < -0.39 is 4.92 Å². The van der Waals surface area contributed by atoms with Crippen molar-refractivity contribution in [2.24, 2.45) is 0 Å². The zero-order valence-electron chi connectivity index (χ0n) is 9.55. The van der Waals surface area contributed by atoms with E-state index in [9.17, 15) is 10.1 Å². The van der Waals surface area contributed by atoms with Gasteiger partial charge in [0.2, 0.25) is 0 Å². The van der Waals surface area contributed by atoms with Crippen molar-refractivity contribution in [2.75, 3.05) is 0 Å². The summed E-state index contributed by atoms with van der Waals surface area (Å²) in [7, 11) is 0. The van der Waals surface area contributed by atoms with Crippen molar-refractivity contribution in [2.45, 2.75) is 13.5 Å². The van der Waals surface area contributed by atoms with Crippen molar-refractivity contribution in [1.29, 1.82) is 0 Å². The van der Waals surface area contributed by atoms with Gasteiger partial charge in [0.15, 0.2) is 0 Å². The maximum atomic E-state index is 10.5. The average molecular weight is 312 g/mol. The lowest BCUT2D eigenvalue weighted by atomic mass is 10.2. The van der Waals surface area contributed by atoms with Gasteiger partial charge in [-0.05, 0) is 30.7 Å². The van der Waals surface area contributed by atoms with Crippen molar-refractivity contribution >= 4 is 21.8 Å². The van der Waals surface area contributed by atoms with Crippen molar-refractivity contribution in [3.05, 3.63) is 56.2 Å². The van der Waals surface area contributed by atoms with Gasteiger partial charge in [0.1, 0.15) is 23.0 Å². The summed E-state index contributed by atoms with van der Waals surface area (Å²) in [5.74, 6) is 0.851. The molecule has 94 valence electrons. The Balaban J connectivity index is 2.06. The Morgan fingerprint density at radius 1 is 1.39 bits per heavy atom. The fourth-order valence-electron chi connectivity index (χ4n) is 1.42. The molecule has 2 rings (SSSR count). The molecule has 0 aliphatic rings. The Bertz CT molecular complexity index is 579. The molecule has 0 amide bonds. The number of hydrogen-bond acceptors (Lipinski definition) is 4. The largest absolute Gasteiger partial charge is 0.485 e. The highest BCUT2D eigenvalue weighted by molar-refractivity contribution is 9.10. The molecule has 0 aliphatic carbocycles. The first kappa shape index (κ1) is 12.6. The summed E-state index contributed by atoms with van der Waals surface area (Å²) in [6.45, 7) is 2.08. The molecule has 6 heteroatoms. The lowest BCUT2D eigenvalue weighted by Crippen LogP contribution is -1.95. The highest BCUT2D eigenvalue weighted by Gasteiger charge is 2.12. The molecular weight excluding hydrogens is 302 g/mol. The number of benzene rings is 1. The van der Waals surface area contributed by atoms with Gasteiger partial charge >= 0.3 is 5.88 Å². The number of furan rings is 1. The summed E-state index contributed by atoms with van der Waals surface area (Å²) in [5, 5.41) is 10.5. The van der Waals surface area contributed by atoms with E-state index in [0.29, 0.717) is 11.5 Å². The quantitative estimate of drug-likeness (QED) is 0.635. The second kappa shape index (κ2) is 5.22. The van der Waals surface area contributed by atoms with E-state index in [1.54, 1.807) is 0 Å². The maximum absolute atomic E-state index is 10.5. The summed E-state index contributed by atoms with van der Waals surface area (Å²) in [6, 6.07) is 8.52. The van der Waals surface area contributed by atoms with E-state index in [0.717, 1.165) is 10.0 Å². The fraction of sp³-hybridized carbons (Fsp3) is 0.167. The van der Waals surface area contributed by atoms with E-state index in [1.165, 1.54) is 12.1 Å². The standard InChI is InChI=1S/C12H10BrNO4/c1-8-2-3-9(13)6-11(8)17-7-10-4-5-12(18-10)14(15)16/h2-6H,7H2,1H3. The number of halogens is 1. The first-order valence-electron chi connectivity index (χ1n) is 5.18. The van der Waals surface area contributed by atoms with Crippen molar-refractivity contribution < 1.29 is 14.1 Å². The third kappa shape index (κ3) is 2.89. The van der Waals surface area contributed by atoms with Gasteiger partial charge in [-0.1, -0.05) is 22.0 Å². The lowest BCUT2D eigenvalue weighted by Gasteiger charge is -2.07. The van der Waals surface area contributed by atoms with Gasteiger partial charge in [-0.25, -0.2) is 0 Å². The molecule has 0 unspecified atom stereocenters. The predicted molar refractivity (Wildman–Crippen MR) is 68.6 cm³/mol. The number of nitro groups is 1. The minimum absolute atomic E-state index is 0.158. The number of rotatable bonds is 4. The third-order valence-corrected chi connectivity index (χ3v) is 2.84. The van der Waals surface area contributed by atoms with E-state index in [-0.39, 0.29) is 12.5 Å². The van der Waals surface area contributed by atoms with Crippen LogP contribution in [0.2, 0.25) is 0 Å². The molecule has 0 radical (unpaired) electrons. The second-order valence-corrected chi connectivity index (χ2v) is 4.61. The first-order chi connectivity index (χ1) is 8.56. The Morgan fingerprint density at radius 2 is 2.17 bits per heavy atom. The summed E-state index contributed by atoms with van der Waals surface area (Å²) < 4.78 is 11.5. The molecule has 0 aliphatic heterocycles. The number of ether oxygens (including phenoxy) is 1. The summed E-state index contributed by atoms with van der Waals surface area (Å²) in [5.41, 5.74) is 0.985. The zero-order valence-corrected chi connectivity index (χ0v) is 11.1.